The van der Waals surface area contributed by atoms with Crippen molar-refractivity contribution in [3.05, 3.63) is 70.2 Å². The average molecular weight is 459 g/mol. The molecule has 30 heavy (non-hydrogen) atoms. The van der Waals surface area contributed by atoms with E-state index in [1.165, 1.54) is 12.1 Å². The van der Waals surface area contributed by atoms with E-state index in [0.717, 1.165) is 44.0 Å². The van der Waals surface area contributed by atoms with Gasteiger partial charge in [-0.2, -0.15) is 13.2 Å². The standard InChI is InChI=1S/C22H22ClF3N2O.ClH/c23-19-16(7-4-8-17(19)22(24,25)26)21(29)27-20(15-5-2-1-3-6-15)18-13-14-9-11-28(18)12-10-14;/h1-8,14,18,20H,9-13H2,(H,27,29);1H. The number of alkyl halides is 3. The first-order valence-electron chi connectivity index (χ1n) is 9.80. The van der Waals surface area contributed by atoms with Gasteiger partial charge >= 0.3 is 6.18 Å². The van der Waals surface area contributed by atoms with Crippen LogP contribution in [0.4, 0.5) is 13.2 Å². The van der Waals surface area contributed by atoms with E-state index in [9.17, 15) is 18.0 Å². The van der Waals surface area contributed by atoms with Crippen LogP contribution in [0.15, 0.2) is 48.5 Å². The summed E-state index contributed by atoms with van der Waals surface area (Å²) in [5.41, 5.74) is -0.205. The molecular formula is C22H23Cl2F3N2O. The van der Waals surface area contributed by atoms with E-state index in [4.69, 9.17) is 11.6 Å². The third-order valence-corrected chi connectivity index (χ3v) is 6.48. The van der Waals surface area contributed by atoms with Crippen LogP contribution in [0.25, 0.3) is 0 Å². The van der Waals surface area contributed by atoms with Crippen LogP contribution in [-0.4, -0.2) is 29.9 Å². The van der Waals surface area contributed by atoms with Crippen molar-refractivity contribution in [2.45, 2.75) is 37.5 Å². The number of nitrogens with one attached hydrogen (secondary N) is 1. The van der Waals surface area contributed by atoms with Crippen molar-refractivity contribution in [3.63, 3.8) is 0 Å². The number of piperidine rings is 3. The van der Waals surface area contributed by atoms with Crippen LogP contribution in [0.5, 0.6) is 0 Å². The van der Waals surface area contributed by atoms with Gasteiger partial charge in [0.05, 0.1) is 22.2 Å². The summed E-state index contributed by atoms with van der Waals surface area (Å²) >= 11 is 5.98. The molecule has 3 nitrogen and oxygen atoms in total. The van der Waals surface area contributed by atoms with Crippen LogP contribution >= 0.6 is 24.0 Å². The van der Waals surface area contributed by atoms with Gasteiger partial charge in [-0.3, -0.25) is 9.69 Å². The van der Waals surface area contributed by atoms with Gasteiger partial charge in [-0.1, -0.05) is 48.0 Å². The van der Waals surface area contributed by atoms with E-state index >= 15 is 0 Å². The lowest BCUT2D eigenvalue weighted by Gasteiger charge is -2.48. The molecule has 0 aromatic heterocycles. The summed E-state index contributed by atoms with van der Waals surface area (Å²) in [6, 6.07) is 12.9. The average Bonchev–Trinajstić information content (AvgIpc) is 2.72. The van der Waals surface area contributed by atoms with Crippen molar-refractivity contribution in [1.82, 2.24) is 10.2 Å². The lowest BCUT2D eigenvalue weighted by molar-refractivity contribution is -0.137. The predicted octanol–water partition coefficient (Wildman–Crippen LogP) is 5.74. The minimum Gasteiger partial charge on any atom is -0.344 e. The molecule has 3 aliphatic heterocycles. The SMILES string of the molecule is Cl.O=C(NC(c1ccccc1)C1CC2CCN1CC2)c1cccc(C(F)(F)F)c1Cl. The van der Waals surface area contributed by atoms with Crippen molar-refractivity contribution in [3.8, 4) is 0 Å². The highest BCUT2D eigenvalue weighted by molar-refractivity contribution is 6.34. The molecule has 2 aromatic rings. The fraction of sp³-hybridized carbons (Fsp3) is 0.409. The second-order valence-electron chi connectivity index (χ2n) is 7.81. The molecule has 0 aliphatic carbocycles. The summed E-state index contributed by atoms with van der Waals surface area (Å²) in [5.74, 6) is 0.0443. The van der Waals surface area contributed by atoms with Crippen LogP contribution in [0, 0.1) is 5.92 Å². The molecule has 1 amide bonds. The van der Waals surface area contributed by atoms with E-state index in [-0.39, 0.29) is 30.1 Å². The summed E-state index contributed by atoms with van der Waals surface area (Å²) in [4.78, 5) is 15.4. The summed E-state index contributed by atoms with van der Waals surface area (Å²) < 4.78 is 39.6. The maximum Gasteiger partial charge on any atom is 0.417 e. The zero-order chi connectivity index (χ0) is 20.6. The Kier molecular flexibility index (Phi) is 7.00. The first-order valence-corrected chi connectivity index (χ1v) is 10.2. The molecular weight excluding hydrogens is 436 g/mol. The molecule has 1 N–H and O–H groups in total. The topological polar surface area (TPSA) is 32.3 Å². The van der Waals surface area contributed by atoms with E-state index in [0.29, 0.717) is 5.92 Å². The molecule has 3 saturated heterocycles. The molecule has 5 rings (SSSR count). The Balaban J connectivity index is 0.00000256. The number of rotatable bonds is 4. The number of carbonyl (C=O) groups excluding carboxylic acids is 1. The maximum atomic E-state index is 13.2. The Labute approximate surface area is 185 Å². The minimum absolute atomic E-state index is 0. The Bertz CT molecular complexity index is 884. The normalized spacial score (nSPS) is 24.1. The second kappa shape index (κ2) is 9.16. The molecule has 0 saturated carbocycles. The molecule has 2 unspecified atom stereocenters. The van der Waals surface area contributed by atoms with Crippen LogP contribution in [0.2, 0.25) is 5.02 Å². The number of amides is 1. The summed E-state index contributed by atoms with van der Waals surface area (Å²) in [5, 5.41) is 2.43. The van der Waals surface area contributed by atoms with Crippen LogP contribution < -0.4 is 5.32 Å². The Hall–Kier alpha value is -1.76. The molecule has 8 heteroatoms. The number of fused-ring (bicyclic) bond motifs is 3. The number of nitrogens with zero attached hydrogens (tertiary/aromatic N) is 1. The molecule has 3 fully saturated rings. The number of hydrogen-bond acceptors (Lipinski definition) is 2. The van der Waals surface area contributed by atoms with Crippen molar-refractivity contribution in [2.75, 3.05) is 13.1 Å². The highest BCUT2D eigenvalue weighted by atomic mass is 35.5. The monoisotopic (exact) mass is 458 g/mol. The van der Waals surface area contributed by atoms with Crippen molar-refractivity contribution in [2.24, 2.45) is 5.92 Å². The van der Waals surface area contributed by atoms with Crippen LogP contribution in [-0.2, 0) is 6.18 Å². The third kappa shape index (κ3) is 4.61. The van der Waals surface area contributed by atoms with Crippen molar-refractivity contribution in [1.29, 1.82) is 0 Å². The van der Waals surface area contributed by atoms with Crippen molar-refractivity contribution >= 4 is 29.9 Å². The minimum atomic E-state index is -4.61. The molecule has 0 radical (unpaired) electrons. The molecule has 0 spiro atoms. The third-order valence-electron chi connectivity index (χ3n) is 6.07. The fourth-order valence-electron chi connectivity index (χ4n) is 4.57. The lowest BCUT2D eigenvalue weighted by Crippen LogP contribution is -2.54. The molecule has 3 heterocycles. The lowest BCUT2D eigenvalue weighted by atomic mass is 9.79. The van der Waals surface area contributed by atoms with Gasteiger partial charge in [0.1, 0.15) is 0 Å². The van der Waals surface area contributed by atoms with E-state index in [1.807, 2.05) is 30.3 Å². The summed E-state index contributed by atoms with van der Waals surface area (Å²) in [7, 11) is 0. The molecule has 3 aliphatic rings. The van der Waals surface area contributed by atoms with Crippen molar-refractivity contribution < 1.29 is 18.0 Å². The fourth-order valence-corrected chi connectivity index (χ4v) is 4.88. The molecule has 2 atom stereocenters. The molecule has 2 bridgehead atoms. The van der Waals surface area contributed by atoms with Crippen LogP contribution in [0.3, 0.4) is 0 Å². The number of carbonyl (C=O) groups is 1. The van der Waals surface area contributed by atoms with Gasteiger partial charge in [-0.05, 0) is 56.0 Å². The van der Waals surface area contributed by atoms with Gasteiger partial charge in [-0.15, -0.1) is 12.4 Å². The molecule has 162 valence electrons. The maximum absolute atomic E-state index is 13.2. The number of benzene rings is 2. The largest absolute Gasteiger partial charge is 0.417 e. The number of halogens is 5. The quantitative estimate of drug-likeness (QED) is 0.633. The zero-order valence-electron chi connectivity index (χ0n) is 16.2. The number of hydrogen-bond donors (Lipinski definition) is 1. The van der Waals surface area contributed by atoms with Gasteiger partial charge in [-0.25, -0.2) is 0 Å². The molecule has 2 aromatic carbocycles. The van der Waals surface area contributed by atoms with Crippen LogP contribution in [0.1, 0.15) is 46.8 Å². The first-order chi connectivity index (χ1) is 13.8. The van der Waals surface area contributed by atoms with Gasteiger partial charge < -0.3 is 5.32 Å². The Morgan fingerprint density at radius 2 is 1.73 bits per heavy atom. The van der Waals surface area contributed by atoms with Gasteiger partial charge in [0.15, 0.2) is 0 Å². The first kappa shape index (κ1) is 22.9. The zero-order valence-corrected chi connectivity index (χ0v) is 17.7. The van der Waals surface area contributed by atoms with Gasteiger partial charge in [0.25, 0.3) is 5.91 Å². The smallest absolute Gasteiger partial charge is 0.344 e. The van der Waals surface area contributed by atoms with E-state index in [2.05, 4.69) is 10.2 Å². The van der Waals surface area contributed by atoms with Gasteiger partial charge in [0.2, 0.25) is 0 Å². The van der Waals surface area contributed by atoms with E-state index in [1.54, 1.807) is 0 Å². The summed E-state index contributed by atoms with van der Waals surface area (Å²) in [6.45, 7) is 1.97. The van der Waals surface area contributed by atoms with E-state index < -0.39 is 22.7 Å². The Morgan fingerprint density at radius 3 is 2.30 bits per heavy atom. The highest BCUT2D eigenvalue weighted by Gasteiger charge is 2.40. The van der Waals surface area contributed by atoms with Gasteiger partial charge in [0, 0.05) is 6.04 Å². The Morgan fingerprint density at radius 1 is 1.07 bits per heavy atom. The highest BCUT2D eigenvalue weighted by Crippen LogP contribution is 2.39. The summed E-state index contributed by atoms with van der Waals surface area (Å²) in [6.07, 6.45) is -1.33. The second-order valence-corrected chi connectivity index (χ2v) is 8.19. The predicted molar refractivity (Wildman–Crippen MR) is 113 cm³/mol.